The summed E-state index contributed by atoms with van der Waals surface area (Å²) in [6.45, 7) is 13.8. The molecule has 0 spiro atoms. The molecule has 136 valence electrons. The van der Waals surface area contributed by atoms with Crippen LogP contribution in [0.15, 0.2) is 24.3 Å². The zero-order chi connectivity index (χ0) is 18.4. The van der Waals surface area contributed by atoms with E-state index in [4.69, 9.17) is 0 Å². The highest BCUT2D eigenvalue weighted by molar-refractivity contribution is 5.79. The van der Waals surface area contributed by atoms with Crippen LogP contribution in [0.25, 0.3) is 0 Å². The van der Waals surface area contributed by atoms with Crippen LogP contribution < -0.4 is 5.32 Å². The molecule has 2 rings (SSSR count). The van der Waals surface area contributed by atoms with Gasteiger partial charge in [-0.1, -0.05) is 52.0 Å². The minimum atomic E-state index is -0.599. The van der Waals surface area contributed by atoms with E-state index in [0.29, 0.717) is 6.54 Å². The van der Waals surface area contributed by atoms with Crippen molar-refractivity contribution in [3.63, 3.8) is 0 Å². The summed E-state index contributed by atoms with van der Waals surface area (Å²) >= 11 is 0. The highest BCUT2D eigenvalue weighted by atomic mass is 16.2. The fourth-order valence-electron chi connectivity index (χ4n) is 3.04. The Morgan fingerprint density at radius 3 is 2.20 bits per heavy atom. The number of nitriles is 1. The fraction of sp³-hybridized carbons (Fsp3) is 0.600. The Bertz CT molecular complexity index is 604. The summed E-state index contributed by atoms with van der Waals surface area (Å²) in [6, 6.07) is 9.56. The Morgan fingerprint density at radius 2 is 1.72 bits per heavy atom. The van der Waals surface area contributed by atoms with Crippen molar-refractivity contribution in [3.05, 3.63) is 35.4 Å². The van der Waals surface area contributed by atoms with E-state index < -0.39 is 6.04 Å². The number of benzene rings is 1. The van der Waals surface area contributed by atoms with Gasteiger partial charge in [-0.05, 0) is 23.1 Å². The lowest BCUT2D eigenvalue weighted by molar-refractivity contribution is -0.123. The van der Waals surface area contributed by atoms with Gasteiger partial charge in [0.2, 0.25) is 5.91 Å². The molecule has 1 N–H and O–H groups in total. The highest BCUT2D eigenvalue weighted by Crippen LogP contribution is 2.23. The summed E-state index contributed by atoms with van der Waals surface area (Å²) in [6.07, 6.45) is 0. The van der Waals surface area contributed by atoms with Gasteiger partial charge in [-0.15, -0.1) is 0 Å². The van der Waals surface area contributed by atoms with E-state index in [0.717, 1.165) is 38.3 Å². The van der Waals surface area contributed by atoms with Crippen molar-refractivity contribution in [2.24, 2.45) is 0 Å². The average Bonchev–Trinajstić information content (AvgIpc) is 2.59. The molecule has 1 heterocycles. The minimum absolute atomic E-state index is 0.0740. The van der Waals surface area contributed by atoms with Crippen LogP contribution in [0.5, 0.6) is 0 Å². The Morgan fingerprint density at radius 1 is 1.16 bits per heavy atom. The van der Waals surface area contributed by atoms with Gasteiger partial charge in [0.1, 0.15) is 6.04 Å². The molecule has 1 unspecified atom stereocenters. The molecule has 0 bridgehead atoms. The maximum absolute atomic E-state index is 12.3. The van der Waals surface area contributed by atoms with E-state index in [1.807, 2.05) is 24.3 Å². The molecule has 0 radical (unpaired) electrons. The number of rotatable bonds is 5. The monoisotopic (exact) mass is 342 g/mol. The Labute approximate surface area is 151 Å². The normalized spacial score (nSPS) is 17.7. The molecular weight excluding hydrogens is 312 g/mol. The number of hydrogen-bond donors (Lipinski definition) is 1. The lowest BCUT2D eigenvalue weighted by atomic mass is 9.86. The lowest BCUT2D eigenvalue weighted by Crippen LogP contribution is -2.49. The van der Waals surface area contributed by atoms with E-state index in [9.17, 15) is 10.1 Å². The fourth-order valence-corrected chi connectivity index (χ4v) is 3.04. The largest absolute Gasteiger partial charge is 0.336 e. The molecule has 5 nitrogen and oxygen atoms in total. The SMILES string of the molecule is CCN1CCN(CC(=O)NC(C#N)c2ccc(C(C)(C)C)cc2)CC1. The molecule has 1 aromatic rings. The summed E-state index contributed by atoms with van der Waals surface area (Å²) in [5, 5.41) is 12.3. The molecule has 1 fully saturated rings. The molecule has 1 aliphatic rings. The van der Waals surface area contributed by atoms with Crippen LogP contribution >= 0.6 is 0 Å². The maximum atomic E-state index is 12.3. The van der Waals surface area contributed by atoms with Crippen molar-refractivity contribution in [1.82, 2.24) is 15.1 Å². The van der Waals surface area contributed by atoms with Crippen molar-refractivity contribution < 1.29 is 4.79 Å². The van der Waals surface area contributed by atoms with Crippen molar-refractivity contribution in [2.75, 3.05) is 39.3 Å². The molecule has 1 amide bonds. The van der Waals surface area contributed by atoms with Crippen LogP contribution in [0.4, 0.5) is 0 Å². The summed E-state index contributed by atoms with van der Waals surface area (Å²) in [5.41, 5.74) is 2.12. The quantitative estimate of drug-likeness (QED) is 0.892. The molecule has 1 aliphatic heterocycles. The molecular formula is C20H30N4O. The van der Waals surface area contributed by atoms with E-state index in [1.165, 1.54) is 5.56 Å². The first-order valence-corrected chi connectivity index (χ1v) is 9.07. The second-order valence-electron chi connectivity index (χ2n) is 7.71. The molecule has 1 aromatic carbocycles. The average molecular weight is 342 g/mol. The van der Waals surface area contributed by atoms with Crippen LogP contribution in [0, 0.1) is 11.3 Å². The van der Waals surface area contributed by atoms with Gasteiger partial charge in [0, 0.05) is 26.2 Å². The summed E-state index contributed by atoms with van der Waals surface area (Å²) in [5.74, 6) is -0.0867. The number of nitrogens with zero attached hydrogens (tertiary/aromatic N) is 3. The molecule has 0 saturated carbocycles. The smallest absolute Gasteiger partial charge is 0.235 e. The maximum Gasteiger partial charge on any atom is 0.235 e. The Hall–Kier alpha value is -1.90. The third kappa shape index (κ3) is 5.55. The summed E-state index contributed by atoms with van der Waals surface area (Å²) in [7, 11) is 0. The summed E-state index contributed by atoms with van der Waals surface area (Å²) in [4.78, 5) is 16.8. The zero-order valence-corrected chi connectivity index (χ0v) is 15.9. The van der Waals surface area contributed by atoms with Crippen LogP contribution in [-0.4, -0.2) is 55.0 Å². The van der Waals surface area contributed by atoms with Gasteiger partial charge in [0.15, 0.2) is 0 Å². The van der Waals surface area contributed by atoms with Crippen LogP contribution in [0.2, 0.25) is 0 Å². The van der Waals surface area contributed by atoms with Gasteiger partial charge in [-0.2, -0.15) is 5.26 Å². The third-order valence-corrected chi connectivity index (χ3v) is 4.82. The van der Waals surface area contributed by atoms with Gasteiger partial charge in [0.25, 0.3) is 0 Å². The zero-order valence-electron chi connectivity index (χ0n) is 15.9. The lowest BCUT2D eigenvalue weighted by Gasteiger charge is -2.33. The molecule has 1 atom stereocenters. The van der Waals surface area contributed by atoms with E-state index in [1.54, 1.807) is 0 Å². The number of carbonyl (C=O) groups is 1. The van der Waals surface area contributed by atoms with Crippen molar-refractivity contribution >= 4 is 5.91 Å². The second kappa shape index (κ2) is 8.46. The van der Waals surface area contributed by atoms with E-state index >= 15 is 0 Å². The first kappa shape index (κ1) is 19.4. The number of hydrogen-bond acceptors (Lipinski definition) is 4. The van der Waals surface area contributed by atoms with E-state index in [2.05, 4.69) is 48.9 Å². The second-order valence-corrected chi connectivity index (χ2v) is 7.71. The predicted octanol–water partition coefficient (Wildman–Crippen LogP) is 2.30. The van der Waals surface area contributed by atoms with Gasteiger partial charge in [-0.25, -0.2) is 0 Å². The first-order valence-electron chi connectivity index (χ1n) is 9.07. The molecule has 0 aliphatic carbocycles. The third-order valence-electron chi connectivity index (χ3n) is 4.82. The van der Waals surface area contributed by atoms with Crippen molar-refractivity contribution in [2.45, 2.75) is 39.2 Å². The number of carbonyl (C=O) groups excluding carboxylic acids is 1. The molecule has 5 heteroatoms. The van der Waals surface area contributed by atoms with Crippen molar-refractivity contribution in [1.29, 1.82) is 5.26 Å². The minimum Gasteiger partial charge on any atom is -0.336 e. The van der Waals surface area contributed by atoms with Crippen molar-refractivity contribution in [3.8, 4) is 6.07 Å². The number of piperazine rings is 1. The van der Waals surface area contributed by atoms with Gasteiger partial charge >= 0.3 is 0 Å². The van der Waals surface area contributed by atoms with Gasteiger partial charge in [-0.3, -0.25) is 9.69 Å². The Balaban J connectivity index is 1.91. The van der Waals surface area contributed by atoms with E-state index in [-0.39, 0.29) is 11.3 Å². The Kier molecular flexibility index (Phi) is 6.57. The van der Waals surface area contributed by atoms with Gasteiger partial charge in [0.05, 0.1) is 12.6 Å². The molecule has 1 saturated heterocycles. The summed E-state index contributed by atoms with van der Waals surface area (Å²) < 4.78 is 0. The van der Waals surface area contributed by atoms with Crippen LogP contribution in [-0.2, 0) is 10.2 Å². The topological polar surface area (TPSA) is 59.4 Å². The molecule has 25 heavy (non-hydrogen) atoms. The van der Waals surface area contributed by atoms with Crippen LogP contribution in [0.1, 0.15) is 44.9 Å². The number of amides is 1. The first-order chi connectivity index (χ1) is 11.8. The van der Waals surface area contributed by atoms with Crippen LogP contribution in [0.3, 0.4) is 0 Å². The highest BCUT2D eigenvalue weighted by Gasteiger charge is 2.20. The standard InChI is InChI=1S/C20H30N4O/c1-5-23-10-12-24(13-11-23)15-19(25)22-18(14-21)16-6-8-17(9-7-16)20(2,3)4/h6-9,18H,5,10-13,15H2,1-4H3,(H,22,25). The number of nitrogens with one attached hydrogen (secondary N) is 1. The van der Waals surface area contributed by atoms with Gasteiger partial charge < -0.3 is 10.2 Å². The number of likely N-dealkylation sites (N-methyl/N-ethyl adjacent to an activating group) is 1. The predicted molar refractivity (Wildman–Crippen MR) is 100 cm³/mol. The molecule has 0 aromatic heterocycles.